The van der Waals surface area contributed by atoms with Crippen molar-refractivity contribution in [2.24, 2.45) is 0 Å². The second-order valence-corrected chi connectivity index (χ2v) is 10.9. The van der Waals surface area contributed by atoms with Crippen LogP contribution in [-0.2, 0) is 23.0 Å². The maximum atomic E-state index is 13.4. The maximum absolute atomic E-state index is 13.4. The minimum absolute atomic E-state index is 0.0239. The van der Waals surface area contributed by atoms with E-state index in [-0.39, 0.29) is 11.9 Å². The molecule has 1 N–H and O–H groups in total. The zero-order valence-electron chi connectivity index (χ0n) is 18.6. The minimum Gasteiger partial charge on any atom is -0.332 e. The van der Waals surface area contributed by atoms with Crippen LogP contribution in [0.15, 0.2) is 60.8 Å². The van der Waals surface area contributed by atoms with Crippen molar-refractivity contribution in [1.29, 1.82) is 0 Å². The molecule has 0 radical (unpaired) electrons. The molecule has 8 heteroatoms. The van der Waals surface area contributed by atoms with Crippen LogP contribution in [0.3, 0.4) is 0 Å². The Hall–Kier alpha value is -2.97. The number of nitrogens with zero attached hydrogens (tertiary/aromatic N) is 3. The largest absolute Gasteiger partial charge is 0.332 e. The van der Waals surface area contributed by atoms with E-state index >= 15 is 0 Å². The Bertz CT molecular complexity index is 1240. The molecular formula is C25H28N4O3S. The number of aromatic amines is 1. The summed E-state index contributed by atoms with van der Waals surface area (Å²) in [7, 11) is -3.48. The van der Waals surface area contributed by atoms with E-state index < -0.39 is 15.3 Å². The molecule has 3 heterocycles. The number of hydrogen-bond donors (Lipinski definition) is 1. The van der Waals surface area contributed by atoms with Gasteiger partial charge in [0.15, 0.2) is 0 Å². The fourth-order valence-electron chi connectivity index (χ4n) is 4.93. The number of aromatic nitrogens is 2. The van der Waals surface area contributed by atoms with Crippen LogP contribution in [0.25, 0.3) is 0 Å². The first-order valence-corrected chi connectivity index (χ1v) is 12.9. The number of H-pyrrole nitrogens is 1. The Labute approximate surface area is 194 Å². The number of fused-ring (bicyclic) bond motifs is 1. The van der Waals surface area contributed by atoms with Gasteiger partial charge in [0.1, 0.15) is 5.25 Å². The average molecular weight is 465 g/mol. The number of carbonyl (C=O) groups excluding carboxylic acids is 1. The lowest BCUT2D eigenvalue weighted by atomic mass is 10.0. The molecule has 7 nitrogen and oxygen atoms in total. The first kappa shape index (κ1) is 21.9. The lowest BCUT2D eigenvalue weighted by Crippen LogP contribution is -2.41. The van der Waals surface area contributed by atoms with Crippen molar-refractivity contribution in [3.05, 3.63) is 88.7 Å². The molecule has 2 aromatic carbocycles. The van der Waals surface area contributed by atoms with Crippen LogP contribution in [0.2, 0.25) is 0 Å². The molecule has 2 unspecified atom stereocenters. The molecule has 0 bridgehead atoms. The second-order valence-electron chi connectivity index (χ2n) is 8.85. The summed E-state index contributed by atoms with van der Waals surface area (Å²) in [5.74, 6) is -0.0239. The summed E-state index contributed by atoms with van der Waals surface area (Å²) < 4.78 is 28.5. The molecule has 3 aromatic rings. The molecular weight excluding hydrogens is 436 g/mol. The lowest BCUT2D eigenvalue weighted by Gasteiger charge is -2.36. The Morgan fingerprint density at radius 2 is 1.85 bits per heavy atom. The van der Waals surface area contributed by atoms with Crippen LogP contribution in [0.4, 0.5) is 0 Å². The van der Waals surface area contributed by atoms with Crippen molar-refractivity contribution >= 4 is 15.9 Å². The average Bonchev–Trinajstić information content (AvgIpc) is 3.31. The van der Waals surface area contributed by atoms with Crippen molar-refractivity contribution < 1.29 is 13.2 Å². The zero-order chi connectivity index (χ0) is 23.0. The predicted octanol–water partition coefficient (Wildman–Crippen LogP) is 3.84. The third kappa shape index (κ3) is 4.09. The SMILES string of the molecule is CC(c1ccc(C(=O)N2CCc3cn[nH]c3C2)cc1)N1CCCC(c2ccccc2)S1(=O)=O. The topological polar surface area (TPSA) is 86.4 Å². The number of hydrogen-bond acceptors (Lipinski definition) is 4. The summed E-state index contributed by atoms with van der Waals surface area (Å²) in [4.78, 5) is 14.8. The summed E-state index contributed by atoms with van der Waals surface area (Å²) in [6, 6.07) is 16.5. The first-order valence-electron chi connectivity index (χ1n) is 11.4. The number of benzene rings is 2. The van der Waals surface area contributed by atoms with Crippen molar-refractivity contribution in [3.8, 4) is 0 Å². The monoisotopic (exact) mass is 464 g/mol. The van der Waals surface area contributed by atoms with Gasteiger partial charge in [-0.15, -0.1) is 0 Å². The van der Waals surface area contributed by atoms with Crippen molar-refractivity contribution in [2.75, 3.05) is 13.1 Å². The van der Waals surface area contributed by atoms with Crippen molar-refractivity contribution in [2.45, 2.75) is 44.0 Å². The summed E-state index contributed by atoms with van der Waals surface area (Å²) in [6.45, 7) is 3.62. The van der Waals surface area contributed by atoms with E-state index in [0.717, 1.165) is 29.7 Å². The maximum Gasteiger partial charge on any atom is 0.254 e. The Morgan fingerprint density at radius 1 is 1.09 bits per heavy atom. The zero-order valence-corrected chi connectivity index (χ0v) is 19.5. The van der Waals surface area contributed by atoms with Crippen molar-refractivity contribution in [3.63, 3.8) is 0 Å². The molecule has 5 rings (SSSR count). The third-order valence-electron chi connectivity index (χ3n) is 6.87. The van der Waals surface area contributed by atoms with Crippen LogP contribution < -0.4 is 0 Å². The quantitative estimate of drug-likeness (QED) is 0.636. The van der Waals surface area contributed by atoms with Gasteiger partial charge in [0.2, 0.25) is 10.0 Å². The molecule has 2 atom stereocenters. The van der Waals surface area contributed by atoms with Crippen LogP contribution in [0.1, 0.15) is 63.8 Å². The first-order chi connectivity index (χ1) is 15.9. The standard InChI is InChI=1S/C25H28N4O3S/c1-18(29-14-5-8-24(33(29,31)32)20-6-3-2-4-7-20)19-9-11-21(12-10-19)25(30)28-15-13-22-16-26-27-23(22)17-28/h2-4,6-7,9-12,16,18,24H,5,8,13-15,17H2,1H3,(H,26,27). The summed E-state index contributed by atoms with van der Waals surface area (Å²) in [5, 5.41) is 6.52. The molecule has 1 saturated heterocycles. The van der Waals surface area contributed by atoms with Crippen LogP contribution >= 0.6 is 0 Å². The normalized spacial score (nSPS) is 21.4. The number of rotatable bonds is 4. The van der Waals surface area contributed by atoms with Crippen molar-refractivity contribution in [1.82, 2.24) is 19.4 Å². The van der Waals surface area contributed by atoms with E-state index in [4.69, 9.17) is 0 Å². The molecule has 172 valence electrons. The van der Waals surface area contributed by atoms with E-state index in [2.05, 4.69) is 10.2 Å². The number of sulfonamides is 1. The Balaban J connectivity index is 1.32. The third-order valence-corrected chi connectivity index (χ3v) is 9.25. The molecule has 1 amide bonds. The lowest BCUT2D eigenvalue weighted by molar-refractivity contribution is 0.0732. The highest BCUT2D eigenvalue weighted by molar-refractivity contribution is 7.89. The molecule has 33 heavy (non-hydrogen) atoms. The van der Waals surface area contributed by atoms with Crippen LogP contribution in [-0.4, -0.2) is 46.8 Å². The Kier molecular flexibility index (Phi) is 5.80. The van der Waals surface area contributed by atoms with Crippen LogP contribution in [0.5, 0.6) is 0 Å². The molecule has 0 spiro atoms. The summed E-state index contributed by atoms with van der Waals surface area (Å²) in [6.07, 6.45) is 4.08. The number of carbonyl (C=O) groups is 1. The highest BCUT2D eigenvalue weighted by Crippen LogP contribution is 2.38. The smallest absolute Gasteiger partial charge is 0.254 e. The van der Waals surface area contributed by atoms with Gasteiger partial charge in [0.05, 0.1) is 18.4 Å². The number of amides is 1. The van der Waals surface area contributed by atoms with Gasteiger partial charge in [-0.3, -0.25) is 9.89 Å². The van der Waals surface area contributed by atoms with Gasteiger partial charge in [-0.2, -0.15) is 9.40 Å². The van der Waals surface area contributed by atoms with Gasteiger partial charge in [-0.25, -0.2) is 8.42 Å². The number of nitrogens with one attached hydrogen (secondary N) is 1. The van der Waals surface area contributed by atoms with E-state index in [1.54, 1.807) is 4.31 Å². The van der Waals surface area contributed by atoms with E-state index in [1.165, 1.54) is 5.56 Å². The molecule has 2 aliphatic heterocycles. The second kappa shape index (κ2) is 8.76. The molecule has 0 saturated carbocycles. The highest BCUT2D eigenvalue weighted by atomic mass is 32.2. The van der Waals surface area contributed by atoms with E-state index in [1.807, 2.05) is 72.6 Å². The van der Waals surface area contributed by atoms with Crippen LogP contribution in [0, 0.1) is 0 Å². The molecule has 1 aromatic heterocycles. The van der Waals surface area contributed by atoms with E-state index in [0.29, 0.717) is 31.6 Å². The molecule has 0 aliphatic carbocycles. The molecule has 2 aliphatic rings. The predicted molar refractivity (Wildman–Crippen MR) is 126 cm³/mol. The minimum atomic E-state index is -3.48. The fraction of sp³-hybridized carbons (Fsp3) is 0.360. The van der Waals surface area contributed by atoms with E-state index in [9.17, 15) is 13.2 Å². The fourth-order valence-corrected chi connectivity index (χ4v) is 7.17. The van der Waals surface area contributed by atoms with Gasteiger partial charge in [0.25, 0.3) is 5.91 Å². The highest BCUT2D eigenvalue weighted by Gasteiger charge is 2.39. The van der Waals surface area contributed by atoms with Gasteiger partial charge < -0.3 is 4.90 Å². The van der Waals surface area contributed by atoms with Gasteiger partial charge in [-0.05, 0) is 55.0 Å². The van der Waals surface area contributed by atoms with Gasteiger partial charge >= 0.3 is 0 Å². The summed E-state index contributed by atoms with van der Waals surface area (Å²) >= 11 is 0. The molecule has 1 fully saturated rings. The Morgan fingerprint density at radius 3 is 2.61 bits per heavy atom. The van der Waals surface area contributed by atoms with Gasteiger partial charge in [-0.1, -0.05) is 42.5 Å². The summed E-state index contributed by atoms with van der Waals surface area (Å²) in [5.41, 5.74) is 4.50. The van der Waals surface area contributed by atoms with Gasteiger partial charge in [0, 0.05) is 24.7 Å².